The molecule has 0 aromatic heterocycles. The molecule has 7 aromatic carbocycles. The molecule has 10 rings (SSSR count). The van der Waals surface area contributed by atoms with E-state index in [2.05, 4.69) is 234 Å². The molecule has 3 aliphatic carbocycles. The summed E-state index contributed by atoms with van der Waals surface area (Å²) in [5.74, 6) is 2.67. The molecule has 298 valence electrons. The Morgan fingerprint density at radius 2 is 0.682 bits per heavy atom. The van der Waals surface area contributed by atoms with Gasteiger partial charge in [-0.25, -0.2) is 0 Å². The van der Waals surface area contributed by atoms with E-state index in [-0.39, 0.29) is 0 Å². The predicted octanol–water partition coefficient (Wildman–Crippen LogP) is 6.66. The van der Waals surface area contributed by atoms with Crippen LogP contribution in [-0.2, 0) is 0 Å². The van der Waals surface area contributed by atoms with Crippen LogP contribution in [0.4, 0.5) is 0 Å². The number of benzene rings is 7. The Balaban J connectivity index is 1.05. The molecule has 8 radical (unpaired) electrons. The van der Waals surface area contributed by atoms with E-state index in [9.17, 15) is 0 Å². The van der Waals surface area contributed by atoms with Gasteiger partial charge in [-0.15, -0.1) is 0 Å². The van der Waals surface area contributed by atoms with Crippen molar-refractivity contribution in [2.75, 3.05) is 0 Å². The first-order chi connectivity index (χ1) is 32.6. The second kappa shape index (κ2) is 19.8. The maximum absolute atomic E-state index is 6.49. The van der Waals surface area contributed by atoms with Gasteiger partial charge in [0.25, 0.3) is 0 Å². The van der Waals surface area contributed by atoms with Crippen molar-refractivity contribution in [1.29, 1.82) is 0 Å². The monoisotopic (exact) mass is 826 g/mol. The van der Waals surface area contributed by atoms with E-state index in [1.54, 1.807) is 0 Å². The molecule has 0 bridgehead atoms. The van der Waals surface area contributed by atoms with Gasteiger partial charge in [0.15, 0.2) is 0 Å². The maximum atomic E-state index is 6.49. The summed E-state index contributed by atoms with van der Waals surface area (Å²) in [5.41, 5.74) is 12.4. The second-order valence-corrected chi connectivity index (χ2v) is 16.4. The molecule has 0 nitrogen and oxygen atoms in total. The summed E-state index contributed by atoms with van der Waals surface area (Å²) in [7, 11) is 15.3. The van der Waals surface area contributed by atoms with Crippen molar-refractivity contribution in [2.24, 2.45) is 0 Å². The van der Waals surface area contributed by atoms with Gasteiger partial charge in [0, 0.05) is 0 Å². The van der Waals surface area contributed by atoms with Gasteiger partial charge in [-0.2, -0.15) is 0 Å². The molecular formula is C60H40B6. The van der Waals surface area contributed by atoms with Crippen molar-refractivity contribution < 1.29 is 0 Å². The molecule has 0 atom stereocenters. The number of hydrogen-bond donors (Lipinski definition) is 0. The summed E-state index contributed by atoms with van der Waals surface area (Å²) in [6.45, 7) is 6.89. The molecule has 0 fully saturated rings. The third kappa shape index (κ3) is 9.10. The van der Waals surface area contributed by atoms with Crippen LogP contribution in [0.2, 0.25) is 0 Å². The van der Waals surface area contributed by atoms with Crippen molar-refractivity contribution >= 4 is 82.3 Å². The van der Waals surface area contributed by atoms with Gasteiger partial charge in [0.1, 0.15) is 0 Å². The Labute approximate surface area is 393 Å². The topological polar surface area (TPSA) is 0 Å². The zero-order chi connectivity index (χ0) is 44.7. The summed E-state index contributed by atoms with van der Waals surface area (Å²) in [6.07, 6.45) is 24.9. The fraction of sp³-hybridized carbons (Fsp3) is 0. The first-order valence-electron chi connectivity index (χ1n) is 22.4. The van der Waals surface area contributed by atoms with Crippen LogP contribution in [0.3, 0.4) is 0 Å². The van der Waals surface area contributed by atoms with Gasteiger partial charge >= 0.3 is 396 Å². The average molecular weight is 826 g/mol. The summed E-state index contributed by atoms with van der Waals surface area (Å²) in [4.78, 5) is 0. The number of hydrogen-bond acceptors (Lipinski definition) is 0. The van der Waals surface area contributed by atoms with Crippen molar-refractivity contribution in [3.05, 3.63) is 291 Å². The van der Waals surface area contributed by atoms with Crippen LogP contribution in [0.15, 0.2) is 243 Å². The zero-order valence-corrected chi connectivity index (χ0v) is 36.6. The molecule has 0 N–H and O–H groups in total. The summed E-state index contributed by atoms with van der Waals surface area (Å²) in [5, 5.41) is 6.75. The van der Waals surface area contributed by atoms with Crippen LogP contribution in [0.1, 0.15) is 0 Å². The normalized spacial score (nSPS) is 17.3. The molecule has 6 heteroatoms. The van der Waals surface area contributed by atoms with Crippen molar-refractivity contribution in [1.82, 2.24) is 0 Å². The fourth-order valence-corrected chi connectivity index (χ4v) is 9.10. The predicted molar refractivity (Wildman–Crippen MR) is 286 cm³/mol. The van der Waals surface area contributed by atoms with Gasteiger partial charge in [0.2, 0.25) is 0 Å². The third-order valence-corrected chi connectivity index (χ3v) is 12.3. The van der Waals surface area contributed by atoms with Crippen LogP contribution in [0.25, 0.3) is 39.0 Å². The summed E-state index contributed by atoms with van der Waals surface area (Å²) < 4.78 is 0. The molecule has 3 aliphatic rings. The zero-order valence-electron chi connectivity index (χ0n) is 36.6. The van der Waals surface area contributed by atoms with Gasteiger partial charge < -0.3 is 0 Å². The van der Waals surface area contributed by atoms with E-state index in [1.807, 2.05) is 36.5 Å². The van der Waals surface area contributed by atoms with E-state index in [0.717, 1.165) is 109 Å². The van der Waals surface area contributed by atoms with Crippen molar-refractivity contribution in [3.8, 4) is 22.3 Å². The SMILES string of the molecule is [B-][C+]1C=CC=C/C1=c1\ccccc1=Bc1ccccc1-c1ccccc1B=c1cccc/c1=C1\C=CC=C[C+]1[B-]c1ccccc1-c1ccccc1B=c1cccc/c1=C1\C=CC=C[C+]1[B-]. The van der Waals surface area contributed by atoms with E-state index in [4.69, 9.17) is 15.7 Å². The first-order valence-corrected chi connectivity index (χ1v) is 22.4. The number of rotatable bonds is 7. The molecule has 0 saturated heterocycles. The van der Waals surface area contributed by atoms with Gasteiger partial charge in [0.05, 0.1) is 0 Å². The Morgan fingerprint density at radius 3 is 1.15 bits per heavy atom. The number of allylic oxidation sites excluding steroid dienone is 12. The van der Waals surface area contributed by atoms with Gasteiger partial charge in [-0.1, -0.05) is 0 Å². The van der Waals surface area contributed by atoms with E-state index < -0.39 is 0 Å². The Morgan fingerprint density at radius 1 is 0.333 bits per heavy atom. The Kier molecular flexibility index (Phi) is 12.7. The second-order valence-electron chi connectivity index (χ2n) is 16.4. The minimum absolute atomic E-state index is 0.765. The van der Waals surface area contributed by atoms with E-state index in [0.29, 0.717) is 0 Å². The van der Waals surface area contributed by atoms with Crippen LogP contribution in [-0.4, -0.2) is 43.7 Å². The van der Waals surface area contributed by atoms with Crippen LogP contribution in [0, 0.1) is 32.8 Å². The van der Waals surface area contributed by atoms with E-state index in [1.165, 1.54) is 0 Å². The third-order valence-electron chi connectivity index (χ3n) is 12.3. The van der Waals surface area contributed by atoms with Crippen LogP contribution >= 0.6 is 0 Å². The molecule has 0 aliphatic heterocycles. The van der Waals surface area contributed by atoms with Crippen LogP contribution < -0.4 is 37.5 Å². The van der Waals surface area contributed by atoms with Gasteiger partial charge in [-0.3, -0.25) is 0 Å². The van der Waals surface area contributed by atoms with Crippen molar-refractivity contribution in [2.45, 2.75) is 0 Å². The molecule has 66 heavy (non-hydrogen) atoms. The molecule has 0 unspecified atom stereocenters. The standard InChI is InChI=1S/C60H40B6/c61-51-31-11-1-21-41(51)43-23-3-13-33-53(43)63-55-35-15-5-25-45(55)47-27-7-17-37-57(47)65-59-39-19-9-29-49(59)50-30-10-20-40-60(50)66-58-38-18-8-28-48(58)46-26-6-16-36-56(46)64-54-34-14-4-24-44(54)42-22-2-12-32-52(42)62/h1-40H/b43-41-,44-42-,50-49-. The summed E-state index contributed by atoms with van der Waals surface area (Å²) >= 11 is 0. The molecule has 0 spiro atoms. The molecule has 0 amide bonds. The quantitative estimate of drug-likeness (QED) is 0.125. The van der Waals surface area contributed by atoms with E-state index >= 15 is 0 Å². The molecular weight excluding hydrogens is 786 g/mol. The average Bonchev–Trinajstić information content (AvgIpc) is 3.36. The molecule has 7 aromatic rings. The molecule has 0 heterocycles. The Bertz CT molecular complexity index is 3570. The summed E-state index contributed by atoms with van der Waals surface area (Å²) in [6, 6.07) is 60.4. The van der Waals surface area contributed by atoms with Crippen LogP contribution in [0.5, 0.6) is 0 Å². The first kappa shape index (κ1) is 42.5. The van der Waals surface area contributed by atoms with Gasteiger partial charge in [-0.05, 0) is 0 Å². The fourth-order valence-electron chi connectivity index (χ4n) is 9.10. The minimum atomic E-state index is 0.765. The molecule has 0 saturated carbocycles. The van der Waals surface area contributed by atoms with Crippen molar-refractivity contribution in [3.63, 3.8) is 0 Å². The Hall–Kier alpha value is -7.41.